The third-order valence-corrected chi connectivity index (χ3v) is 5.88. The number of hydrogen-bond acceptors (Lipinski definition) is 8. The van der Waals surface area contributed by atoms with Crippen LogP contribution in [0.1, 0.15) is 30.5 Å². The standard InChI is InChI=1S/C22H26N8O2/c1-14-9-16(17-10-19-21(18(11-23)26-17)27-28-29(19)2)12-25-22(14)32-8-5-15-3-6-30(7-4-15)13-20(24)31/h9-10,12,15H,3-8,13H2,1-2H3,(H2,24,31). The zero-order chi connectivity index (χ0) is 22.7. The zero-order valence-electron chi connectivity index (χ0n) is 18.3. The molecule has 0 bridgehead atoms. The molecule has 0 atom stereocenters. The Balaban J connectivity index is 1.38. The van der Waals surface area contributed by atoms with Crippen molar-refractivity contribution in [3.05, 3.63) is 29.6 Å². The summed E-state index contributed by atoms with van der Waals surface area (Å²) in [5.41, 5.74) is 9.10. The largest absolute Gasteiger partial charge is 0.477 e. The molecule has 32 heavy (non-hydrogen) atoms. The maximum Gasteiger partial charge on any atom is 0.231 e. The number of ether oxygens (including phenoxy) is 1. The minimum atomic E-state index is -0.271. The number of likely N-dealkylation sites (tertiary alicyclic amines) is 1. The molecule has 10 heteroatoms. The highest BCUT2D eigenvalue weighted by Gasteiger charge is 2.20. The second kappa shape index (κ2) is 9.28. The van der Waals surface area contributed by atoms with E-state index < -0.39 is 0 Å². The highest BCUT2D eigenvalue weighted by atomic mass is 16.5. The predicted octanol–water partition coefficient (Wildman–Crippen LogP) is 1.57. The number of piperidine rings is 1. The van der Waals surface area contributed by atoms with Gasteiger partial charge in [0, 0.05) is 24.4 Å². The normalized spacial score (nSPS) is 15.0. The van der Waals surface area contributed by atoms with E-state index in [2.05, 4.69) is 31.2 Å². The number of carbonyl (C=O) groups is 1. The molecule has 2 N–H and O–H groups in total. The molecule has 1 amide bonds. The number of nitrogens with zero attached hydrogens (tertiary/aromatic N) is 7. The Morgan fingerprint density at radius 2 is 2.12 bits per heavy atom. The van der Waals surface area contributed by atoms with E-state index in [1.54, 1.807) is 17.9 Å². The summed E-state index contributed by atoms with van der Waals surface area (Å²) in [6, 6.07) is 5.91. The number of pyridine rings is 2. The van der Waals surface area contributed by atoms with E-state index in [1.807, 2.05) is 19.1 Å². The molecule has 0 radical (unpaired) electrons. The van der Waals surface area contributed by atoms with Crippen LogP contribution in [0.25, 0.3) is 22.3 Å². The van der Waals surface area contributed by atoms with Gasteiger partial charge in [0.25, 0.3) is 0 Å². The van der Waals surface area contributed by atoms with Crippen LogP contribution >= 0.6 is 0 Å². The first-order valence-electron chi connectivity index (χ1n) is 10.7. The Kier molecular flexibility index (Phi) is 6.28. The summed E-state index contributed by atoms with van der Waals surface area (Å²) >= 11 is 0. The Labute approximate surface area is 186 Å². The molecule has 4 heterocycles. The van der Waals surface area contributed by atoms with Gasteiger partial charge in [-0.1, -0.05) is 5.21 Å². The molecule has 4 rings (SSSR count). The summed E-state index contributed by atoms with van der Waals surface area (Å²) in [6.07, 6.45) is 4.74. The molecular weight excluding hydrogens is 408 g/mol. The van der Waals surface area contributed by atoms with Crippen molar-refractivity contribution >= 4 is 16.9 Å². The molecule has 1 fully saturated rings. The van der Waals surface area contributed by atoms with Crippen LogP contribution in [0.3, 0.4) is 0 Å². The van der Waals surface area contributed by atoms with E-state index in [4.69, 9.17) is 10.5 Å². The molecule has 0 aromatic carbocycles. The number of nitriles is 1. The molecule has 1 aliphatic heterocycles. The molecule has 1 aliphatic rings. The Morgan fingerprint density at radius 1 is 1.34 bits per heavy atom. The first kappa shape index (κ1) is 21.6. The smallest absolute Gasteiger partial charge is 0.231 e. The quantitative estimate of drug-likeness (QED) is 0.592. The molecule has 10 nitrogen and oxygen atoms in total. The van der Waals surface area contributed by atoms with Gasteiger partial charge in [-0.2, -0.15) is 5.26 Å². The molecule has 1 saturated heterocycles. The number of aryl methyl sites for hydroxylation is 2. The fourth-order valence-corrected chi connectivity index (χ4v) is 4.09. The number of aromatic nitrogens is 5. The summed E-state index contributed by atoms with van der Waals surface area (Å²) in [5.74, 6) is 0.906. The fraction of sp³-hybridized carbons (Fsp3) is 0.455. The average molecular weight is 435 g/mol. The van der Waals surface area contributed by atoms with Crippen LogP contribution in [-0.2, 0) is 11.8 Å². The maximum atomic E-state index is 11.0. The number of primary amides is 1. The van der Waals surface area contributed by atoms with Crippen LogP contribution in [0.5, 0.6) is 5.88 Å². The SMILES string of the molecule is Cc1cc(-c2cc3c(nnn3C)c(C#N)n2)cnc1OCCC1CCN(CC(N)=O)CC1. The molecule has 0 unspecified atom stereocenters. The molecular formula is C22H26N8O2. The molecule has 0 spiro atoms. The third kappa shape index (κ3) is 4.68. The first-order chi connectivity index (χ1) is 15.4. The lowest BCUT2D eigenvalue weighted by molar-refractivity contribution is -0.119. The van der Waals surface area contributed by atoms with Crippen LogP contribution in [0.2, 0.25) is 0 Å². The number of fused-ring (bicyclic) bond motifs is 1. The Morgan fingerprint density at radius 3 is 2.81 bits per heavy atom. The lowest BCUT2D eigenvalue weighted by Crippen LogP contribution is -2.39. The van der Waals surface area contributed by atoms with Gasteiger partial charge in [-0.25, -0.2) is 14.6 Å². The number of nitrogens with two attached hydrogens (primary N) is 1. The Bertz CT molecular complexity index is 1170. The van der Waals surface area contributed by atoms with Crippen molar-refractivity contribution in [2.45, 2.75) is 26.2 Å². The third-order valence-electron chi connectivity index (χ3n) is 5.88. The van der Waals surface area contributed by atoms with Gasteiger partial charge in [-0.05, 0) is 57.3 Å². The number of rotatable bonds is 7. The molecule has 3 aromatic rings. The van der Waals surface area contributed by atoms with Crippen LogP contribution in [0.15, 0.2) is 18.3 Å². The van der Waals surface area contributed by atoms with Crippen molar-refractivity contribution < 1.29 is 9.53 Å². The molecule has 0 saturated carbocycles. The van der Waals surface area contributed by atoms with Crippen molar-refractivity contribution in [2.75, 3.05) is 26.2 Å². The summed E-state index contributed by atoms with van der Waals surface area (Å²) < 4.78 is 7.57. The van der Waals surface area contributed by atoms with Gasteiger partial charge in [0.2, 0.25) is 11.8 Å². The van der Waals surface area contributed by atoms with E-state index in [0.29, 0.717) is 36.2 Å². The topological polar surface area (TPSA) is 136 Å². The highest BCUT2D eigenvalue weighted by Crippen LogP contribution is 2.27. The minimum absolute atomic E-state index is 0.241. The second-order valence-corrected chi connectivity index (χ2v) is 8.22. The van der Waals surface area contributed by atoms with Gasteiger partial charge in [-0.3, -0.25) is 9.69 Å². The minimum Gasteiger partial charge on any atom is -0.477 e. The number of amides is 1. The van der Waals surface area contributed by atoms with Gasteiger partial charge in [0.15, 0.2) is 5.69 Å². The molecule has 0 aliphatic carbocycles. The van der Waals surface area contributed by atoms with Crippen molar-refractivity contribution in [1.82, 2.24) is 29.9 Å². The lowest BCUT2D eigenvalue weighted by Gasteiger charge is -2.30. The summed E-state index contributed by atoms with van der Waals surface area (Å²) in [4.78, 5) is 22.1. The van der Waals surface area contributed by atoms with Gasteiger partial charge < -0.3 is 10.5 Å². The predicted molar refractivity (Wildman–Crippen MR) is 117 cm³/mol. The maximum absolute atomic E-state index is 11.0. The zero-order valence-corrected chi connectivity index (χ0v) is 18.3. The molecule has 3 aromatic heterocycles. The van der Waals surface area contributed by atoms with Crippen molar-refractivity contribution in [1.29, 1.82) is 5.26 Å². The van der Waals surface area contributed by atoms with Crippen LogP contribution in [-0.4, -0.2) is 62.0 Å². The average Bonchev–Trinajstić information content (AvgIpc) is 3.16. The van der Waals surface area contributed by atoms with Gasteiger partial charge in [0.1, 0.15) is 11.6 Å². The van der Waals surface area contributed by atoms with E-state index in [0.717, 1.165) is 49.0 Å². The van der Waals surface area contributed by atoms with E-state index in [1.165, 1.54) is 0 Å². The van der Waals surface area contributed by atoms with E-state index in [9.17, 15) is 10.1 Å². The summed E-state index contributed by atoms with van der Waals surface area (Å²) in [6.45, 7) is 4.68. The van der Waals surface area contributed by atoms with Crippen LogP contribution in [0, 0.1) is 24.2 Å². The second-order valence-electron chi connectivity index (χ2n) is 8.22. The number of carbonyl (C=O) groups excluding carboxylic acids is 1. The van der Waals surface area contributed by atoms with Crippen molar-refractivity contribution in [3.63, 3.8) is 0 Å². The Hall–Kier alpha value is -3.58. The molecule has 166 valence electrons. The van der Waals surface area contributed by atoms with Crippen LogP contribution in [0.4, 0.5) is 0 Å². The monoisotopic (exact) mass is 434 g/mol. The van der Waals surface area contributed by atoms with Crippen molar-refractivity contribution in [3.8, 4) is 23.2 Å². The lowest BCUT2D eigenvalue weighted by atomic mass is 9.94. The van der Waals surface area contributed by atoms with E-state index >= 15 is 0 Å². The number of hydrogen-bond donors (Lipinski definition) is 1. The van der Waals surface area contributed by atoms with Gasteiger partial charge >= 0.3 is 0 Å². The van der Waals surface area contributed by atoms with Crippen LogP contribution < -0.4 is 10.5 Å². The summed E-state index contributed by atoms with van der Waals surface area (Å²) in [7, 11) is 1.78. The summed E-state index contributed by atoms with van der Waals surface area (Å²) in [5, 5.41) is 17.4. The first-order valence-corrected chi connectivity index (χ1v) is 10.7. The van der Waals surface area contributed by atoms with Gasteiger partial charge in [-0.15, -0.1) is 5.10 Å². The van der Waals surface area contributed by atoms with Crippen molar-refractivity contribution in [2.24, 2.45) is 18.7 Å². The van der Waals surface area contributed by atoms with E-state index in [-0.39, 0.29) is 11.6 Å². The highest BCUT2D eigenvalue weighted by molar-refractivity contribution is 5.83. The fourth-order valence-electron chi connectivity index (χ4n) is 4.09. The van der Waals surface area contributed by atoms with Gasteiger partial charge in [0.05, 0.1) is 24.4 Å².